The molecule has 0 bridgehead atoms. The van der Waals surface area contributed by atoms with Crippen molar-refractivity contribution in [1.82, 2.24) is 5.32 Å². The van der Waals surface area contributed by atoms with Crippen LogP contribution in [0.4, 0.5) is 4.39 Å². The monoisotopic (exact) mass is 265 g/mol. The number of hydrogen-bond donors (Lipinski definition) is 2. The molecule has 104 valence electrons. The number of halogens is 1. The Labute approximate surface area is 113 Å². The molecular weight excluding hydrogens is 245 g/mol. The lowest BCUT2D eigenvalue weighted by Gasteiger charge is -2.17. The zero-order valence-corrected chi connectivity index (χ0v) is 11.3. The molecule has 0 aliphatic rings. The predicted octanol–water partition coefficient (Wildman–Crippen LogP) is 2.36. The normalized spacial score (nSPS) is 12.9. The number of hydrogen-bond acceptors (Lipinski definition) is 2. The lowest BCUT2D eigenvalue weighted by atomic mass is 10.0. The molecule has 3 nitrogen and oxygen atoms in total. The Morgan fingerprint density at radius 3 is 2.53 bits per heavy atom. The average molecular weight is 265 g/mol. The molecule has 4 heteroatoms. The first-order valence-electron chi connectivity index (χ1n) is 6.36. The van der Waals surface area contributed by atoms with Gasteiger partial charge in [0.2, 0.25) is 5.91 Å². The molecule has 1 rings (SSSR count). The number of amides is 1. The zero-order chi connectivity index (χ0) is 14.3. The Bertz CT molecular complexity index is 426. The molecule has 0 saturated heterocycles. The number of nitrogens with one attached hydrogen (secondary N) is 1. The van der Waals surface area contributed by atoms with Crippen molar-refractivity contribution in [2.75, 3.05) is 6.61 Å². The van der Waals surface area contributed by atoms with Gasteiger partial charge in [-0.3, -0.25) is 4.79 Å². The van der Waals surface area contributed by atoms with Gasteiger partial charge in [0.25, 0.3) is 0 Å². The number of aliphatic hydroxyl groups excluding tert-OH is 1. The molecule has 1 aromatic carbocycles. The van der Waals surface area contributed by atoms with E-state index in [4.69, 9.17) is 5.11 Å². The van der Waals surface area contributed by atoms with Crippen LogP contribution >= 0.6 is 0 Å². The Kier molecular flexibility index (Phi) is 6.22. The predicted molar refractivity (Wildman–Crippen MR) is 73.9 cm³/mol. The van der Waals surface area contributed by atoms with Crippen LogP contribution in [0.3, 0.4) is 0 Å². The van der Waals surface area contributed by atoms with Crippen molar-refractivity contribution < 1.29 is 14.3 Å². The third-order valence-electron chi connectivity index (χ3n) is 2.62. The highest BCUT2D eigenvalue weighted by molar-refractivity contribution is 5.91. The highest BCUT2D eigenvalue weighted by Crippen LogP contribution is 2.06. The summed E-state index contributed by atoms with van der Waals surface area (Å²) < 4.78 is 12.7. The molecule has 0 heterocycles. The Morgan fingerprint density at radius 1 is 1.37 bits per heavy atom. The molecule has 1 amide bonds. The molecular formula is C15H20FNO2. The minimum Gasteiger partial charge on any atom is -0.394 e. The SMILES string of the molecule is CC(C)CC(CO)NC(=O)/C=C/c1ccc(F)cc1. The second kappa shape index (κ2) is 7.69. The molecule has 1 atom stereocenters. The molecule has 0 spiro atoms. The minimum absolute atomic E-state index is 0.0751. The molecule has 0 aliphatic carbocycles. The summed E-state index contributed by atoms with van der Waals surface area (Å²) in [6.07, 6.45) is 3.72. The van der Waals surface area contributed by atoms with Gasteiger partial charge in [-0.15, -0.1) is 0 Å². The fourth-order valence-electron chi connectivity index (χ4n) is 1.74. The van der Waals surface area contributed by atoms with Gasteiger partial charge >= 0.3 is 0 Å². The molecule has 19 heavy (non-hydrogen) atoms. The molecule has 1 aromatic rings. The minimum atomic E-state index is -0.307. The van der Waals surface area contributed by atoms with Crippen LogP contribution < -0.4 is 5.32 Å². The summed E-state index contributed by atoms with van der Waals surface area (Å²) in [6.45, 7) is 3.99. The number of carbonyl (C=O) groups is 1. The van der Waals surface area contributed by atoms with Gasteiger partial charge in [-0.2, -0.15) is 0 Å². The van der Waals surface area contributed by atoms with Crippen molar-refractivity contribution in [3.05, 3.63) is 41.7 Å². The molecule has 0 radical (unpaired) electrons. The summed E-state index contributed by atoms with van der Waals surface area (Å²) in [7, 11) is 0. The van der Waals surface area contributed by atoms with Gasteiger partial charge in [-0.1, -0.05) is 26.0 Å². The second-order valence-corrected chi connectivity index (χ2v) is 4.90. The van der Waals surface area contributed by atoms with E-state index in [0.29, 0.717) is 5.92 Å². The van der Waals surface area contributed by atoms with Crippen molar-refractivity contribution in [2.24, 2.45) is 5.92 Å². The van der Waals surface area contributed by atoms with Crippen LogP contribution in [0.15, 0.2) is 30.3 Å². The number of rotatable bonds is 6. The maximum Gasteiger partial charge on any atom is 0.244 e. The fraction of sp³-hybridized carbons (Fsp3) is 0.400. The third-order valence-corrected chi connectivity index (χ3v) is 2.62. The van der Waals surface area contributed by atoms with Crippen LogP contribution in [0, 0.1) is 11.7 Å². The summed E-state index contributed by atoms with van der Waals surface area (Å²) in [5.74, 6) is -0.165. The van der Waals surface area contributed by atoms with Gasteiger partial charge in [-0.25, -0.2) is 4.39 Å². The number of carbonyl (C=O) groups excluding carboxylic acids is 1. The highest BCUT2D eigenvalue weighted by atomic mass is 19.1. The van der Waals surface area contributed by atoms with Crippen molar-refractivity contribution in [2.45, 2.75) is 26.3 Å². The smallest absolute Gasteiger partial charge is 0.244 e. The highest BCUT2D eigenvalue weighted by Gasteiger charge is 2.11. The van der Waals surface area contributed by atoms with E-state index in [0.717, 1.165) is 12.0 Å². The van der Waals surface area contributed by atoms with E-state index in [1.165, 1.54) is 18.2 Å². The van der Waals surface area contributed by atoms with E-state index in [1.807, 2.05) is 13.8 Å². The van der Waals surface area contributed by atoms with Gasteiger partial charge < -0.3 is 10.4 Å². The summed E-state index contributed by atoms with van der Waals surface area (Å²) in [4.78, 5) is 11.7. The van der Waals surface area contributed by atoms with Crippen LogP contribution in [-0.2, 0) is 4.79 Å². The summed E-state index contributed by atoms with van der Waals surface area (Å²) in [5, 5.41) is 11.9. The Hall–Kier alpha value is -1.68. The second-order valence-electron chi connectivity index (χ2n) is 4.90. The molecule has 0 aliphatic heterocycles. The quantitative estimate of drug-likeness (QED) is 0.776. The maximum absolute atomic E-state index is 12.7. The van der Waals surface area contributed by atoms with Crippen LogP contribution in [0.2, 0.25) is 0 Å². The van der Waals surface area contributed by atoms with Gasteiger partial charge in [0.1, 0.15) is 5.82 Å². The van der Waals surface area contributed by atoms with E-state index in [9.17, 15) is 9.18 Å². The van der Waals surface area contributed by atoms with E-state index >= 15 is 0 Å². The molecule has 0 saturated carbocycles. The van der Waals surface area contributed by atoms with E-state index < -0.39 is 0 Å². The van der Waals surface area contributed by atoms with Crippen LogP contribution in [-0.4, -0.2) is 23.7 Å². The first-order chi connectivity index (χ1) is 9.01. The number of benzene rings is 1. The Morgan fingerprint density at radius 2 is 2.00 bits per heavy atom. The first-order valence-corrected chi connectivity index (χ1v) is 6.36. The van der Waals surface area contributed by atoms with Gasteiger partial charge in [0.05, 0.1) is 12.6 Å². The lowest BCUT2D eigenvalue weighted by Crippen LogP contribution is -2.37. The van der Waals surface area contributed by atoms with E-state index in [1.54, 1.807) is 18.2 Å². The largest absolute Gasteiger partial charge is 0.394 e. The van der Waals surface area contributed by atoms with Crippen molar-refractivity contribution in [3.63, 3.8) is 0 Å². The summed E-state index contributed by atoms with van der Waals surface area (Å²) in [5.41, 5.74) is 0.751. The zero-order valence-electron chi connectivity index (χ0n) is 11.3. The average Bonchev–Trinajstić information content (AvgIpc) is 2.36. The fourth-order valence-corrected chi connectivity index (χ4v) is 1.74. The van der Waals surface area contributed by atoms with E-state index in [2.05, 4.69) is 5.32 Å². The van der Waals surface area contributed by atoms with Crippen LogP contribution in [0.1, 0.15) is 25.8 Å². The maximum atomic E-state index is 12.7. The van der Waals surface area contributed by atoms with Gasteiger partial charge in [-0.05, 0) is 36.1 Å². The van der Waals surface area contributed by atoms with Crippen molar-refractivity contribution in [1.29, 1.82) is 0 Å². The van der Waals surface area contributed by atoms with Crippen molar-refractivity contribution in [3.8, 4) is 0 Å². The topological polar surface area (TPSA) is 49.3 Å². The van der Waals surface area contributed by atoms with Crippen LogP contribution in [0.25, 0.3) is 6.08 Å². The van der Waals surface area contributed by atoms with Crippen LogP contribution in [0.5, 0.6) is 0 Å². The molecule has 0 fully saturated rings. The van der Waals surface area contributed by atoms with Gasteiger partial charge in [0.15, 0.2) is 0 Å². The molecule has 1 unspecified atom stereocenters. The first kappa shape index (κ1) is 15.4. The third kappa shape index (κ3) is 6.15. The summed E-state index contributed by atoms with van der Waals surface area (Å²) >= 11 is 0. The van der Waals surface area contributed by atoms with E-state index in [-0.39, 0.29) is 24.4 Å². The Balaban J connectivity index is 2.52. The number of aliphatic hydroxyl groups is 1. The molecule has 2 N–H and O–H groups in total. The standard InChI is InChI=1S/C15H20FNO2/c1-11(2)9-14(10-18)17-15(19)8-5-12-3-6-13(16)7-4-12/h3-8,11,14,18H,9-10H2,1-2H3,(H,17,19)/b8-5+. The van der Waals surface area contributed by atoms with Gasteiger partial charge in [0, 0.05) is 6.08 Å². The summed E-state index contributed by atoms with van der Waals surface area (Å²) in [6, 6.07) is 5.64. The van der Waals surface area contributed by atoms with Crippen molar-refractivity contribution >= 4 is 12.0 Å². The lowest BCUT2D eigenvalue weighted by molar-refractivity contribution is -0.117. The molecule has 0 aromatic heterocycles.